The molecule has 0 fully saturated rings. The summed E-state index contributed by atoms with van der Waals surface area (Å²) in [6.45, 7) is 4.09. The van der Waals surface area contributed by atoms with Gasteiger partial charge in [0.05, 0.1) is 0 Å². The van der Waals surface area contributed by atoms with Gasteiger partial charge in [0.2, 0.25) is 5.91 Å². The van der Waals surface area contributed by atoms with Gasteiger partial charge in [0.25, 0.3) is 11.8 Å². The van der Waals surface area contributed by atoms with E-state index >= 15 is 0 Å². The third-order valence-electron chi connectivity index (χ3n) is 3.78. The molecule has 0 saturated carbocycles. The minimum absolute atomic E-state index is 0.258. The van der Waals surface area contributed by atoms with Gasteiger partial charge in [-0.1, -0.05) is 13.0 Å². The maximum absolute atomic E-state index is 12.9. The van der Waals surface area contributed by atoms with Gasteiger partial charge in [-0.2, -0.15) is 0 Å². The predicted octanol–water partition coefficient (Wildman–Crippen LogP) is 2.72. The molecule has 3 amide bonds. The van der Waals surface area contributed by atoms with Crippen LogP contribution in [0.3, 0.4) is 0 Å². The second kappa shape index (κ2) is 9.47. The first-order valence-electron chi connectivity index (χ1n) is 8.66. The van der Waals surface area contributed by atoms with Crippen LogP contribution in [-0.4, -0.2) is 30.3 Å². The van der Waals surface area contributed by atoms with Crippen LogP contribution in [0.15, 0.2) is 48.5 Å². The van der Waals surface area contributed by atoms with Gasteiger partial charge < -0.3 is 16.0 Å². The number of anilines is 1. The molecule has 2 aromatic rings. The molecule has 3 N–H and O–H groups in total. The van der Waals surface area contributed by atoms with Gasteiger partial charge in [-0.3, -0.25) is 14.4 Å². The van der Waals surface area contributed by atoms with Crippen molar-refractivity contribution in [1.29, 1.82) is 0 Å². The van der Waals surface area contributed by atoms with Crippen molar-refractivity contribution in [2.75, 3.05) is 11.9 Å². The lowest BCUT2D eigenvalue weighted by atomic mass is 10.1. The highest BCUT2D eigenvalue weighted by atomic mass is 19.1. The second-order valence-electron chi connectivity index (χ2n) is 6.03. The van der Waals surface area contributed by atoms with E-state index in [1.807, 2.05) is 6.92 Å². The zero-order chi connectivity index (χ0) is 19.8. The van der Waals surface area contributed by atoms with Crippen LogP contribution in [0.25, 0.3) is 0 Å². The normalized spacial score (nSPS) is 11.4. The second-order valence-corrected chi connectivity index (χ2v) is 6.03. The smallest absolute Gasteiger partial charge is 0.255 e. The summed E-state index contributed by atoms with van der Waals surface area (Å²) in [6.07, 6.45) is 0.808. The van der Waals surface area contributed by atoms with Crippen LogP contribution in [-0.2, 0) is 4.79 Å². The molecule has 0 aliphatic heterocycles. The Morgan fingerprint density at radius 2 is 1.70 bits per heavy atom. The number of carbonyl (C=O) groups is 3. The number of hydrogen-bond donors (Lipinski definition) is 3. The maximum Gasteiger partial charge on any atom is 0.255 e. The highest BCUT2D eigenvalue weighted by Crippen LogP contribution is 2.13. The molecule has 0 heterocycles. The number of nitrogens with one attached hydrogen (secondary N) is 3. The standard InChI is InChI=1S/C20H22FN3O3/c1-3-11-22-18(25)13(2)23-20(27)15-5-4-6-17(12-15)24-19(26)14-7-9-16(21)10-8-14/h4-10,12-13H,3,11H2,1-2H3,(H,22,25)(H,23,27)(H,24,26). The Balaban J connectivity index is 2.01. The van der Waals surface area contributed by atoms with E-state index in [-0.39, 0.29) is 5.91 Å². The number of carbonyl (C=O) groups excluding carboxylic acids is 3. The Morgan fingerprint density at radius 3 is 2.37 bits per heavy atom. The molecule has 0 bridgehead atoms. The molecule has 0 saturated heterocycles. The van der Waals surface area contributed by atoms with E-state index in [4.69, 9.17) is 0 Å². The molecule has 1 atom stereocenters. The summed E-state index contributed by atoms with van der Waals surface area (Å²) in [6, 6.07) is 10.8. The number of rotatable bonds is 7. The summed E-state index contributed by atoms with van der Waals surface area (Å²) in [7, 11) is 0. The molecule has 142 valence electrons. The van der Waals surface area contributed by atoms with Crippen molar-refractivity contribution in [2.45, 2.75) is 26.3 Å². The Bertz CT molecular complexity index is 821. The van der Waals surface area contributed by atoms with Crippen molar-refractivity contribution in [1.82, 2.24) is 10.6 Å². The van der Waals surface area contributed by atoms with E-state index in [1.165, 1.54) is 30.3 Å². The largest absolute Gasteiger partial charge is 0.354 e. The lowest BCUT2D eigenvalue weighted by Crippen LogP contribution is -2.45. The highest BCUT2D eigenvalue weighted by molar-refractivity contribution is 6.05. The van der Waals surface area contributed by atoms with Gasteiger partial charge in [0.15, 0.2) is 0 Å². The van der Waals surface area contributed by atoms with E-state index in [9.17, 15) is 18.8 Å². The molecular formula is C20H22FN3O3. The Labute approximate surface area is 157 Å². The van der Waals surface area contributed by atoms with Crippen LogP contribution in [0.4, 0.5) is 10.1 Å². The van der Waals surface area contributed by atoms with Gasteiger partial charge in [-0.15, -0.1) is 0 Å². The molecule has 7 heteroatoms. The van der Waals surface area contributed by atoms with Crippen molar-refractivity contribution >= 4 is 23.4 Å². The summed E-state index contributed by atoms with van der Waals surface area (Å²) < 4.78 is 12.9. The third kappa shape index (κ3) is 5.91. The average molecular weight is 371 g/mol. The molecule has 0 spiro atoms. The molecule has 2 aromatic carbocycles. The summed E-state index contributed by atoms with van der Waals surface area (Å²) in [5.41, 5.74) is 1.02. The fraction of sp³-hybridized carbons (Fsp3) is 0.250. The average Bonchev–Trinajstić information content (AvgIpc) is 2.66. The molecular weight excluding hydrogens is 349 g/mol. The number of amides is 3. The van der Waals surface area contributed by atoms with E-state index < -0.39 is 23.7 Å². The molecule has 0 aromatic heterocycles. The van der Waals surface area contributed by atoms with Crippen LogP contribution in [0.2, 0.25) is 0 Å². The lowest BCUT2D eigenvalue weighted by Gasteiger charge is -2.14. The molecule has 0 aliphatic rings. The molecule has 1 unspecified atom stereocenters. The fourth-order valence-electron chi connectivity index (χ4n) is 2.29. The Hall–Kier alpha value is -3.22. The Morgan fingerprint density at radius 1 is 1.00 bits per heavy atom. The van der Waals surface area contributed by atoms with Crippen LogP contribution in [0, 0.1) is 5.82 Å². The zero-order valence-electron chi connectivity index (χ0n) is 15.2. The molecule has 6 nitrogen and oxygen atoms in total. The van der Waals surface area contributed by atoms with Gasteiger partial charge in [-0.25, -0.2) is 4.39 Å². The Kier molecular flexibility index (Phi) is 7.05. The van der Waals surface area contributed by atoms with E-state index in [1.54, 1.807) is 25.1 Å². The summed E-state index contributed by atoms with van der Waals surface area (Å²) in [5, 5.41) is 7.99. The maximum atomic E-state index is 12.9. The van der Waals surface area contributed by atoms with Crippen LogP contribution < -0.4 is 16.0 Å². The first kappa shape index (κ1) is 20.1. The zero-order valence-corrected chi connectivity index (χ0v) is 15.2. The summed E-state index contributed by atoms with van der Waals surface area (Å²) in [5.74, 6) is -1.53. The molecule has 27 heavy (non-hydrogen) atoms. The molecule has 0 aliphatic carbocycles. The van der Waals surface area contributed by atoms with Crippen molar-refractivity contribution in [3.8, 4) is 0 Å². The van der Waals surface area contributed by atoms with Crippen molar-refractivity contribution in [3.63, 3.8) is 0 Å². The summed E-state index contributed by atoms with van der Waals surface area (Å²) >= 11 is 0. The first-order chi connectivity index (χ1) is 12.9. The predicted molar refractivity (Wildman–Crippen MR) is 101 cm³/mol. The SMILES string of the molecule is CCCNC(=O)C(C)NC(=O)c1cccc(NC(=O)c2ccc(F)cc2)c1. The van der Waals surface area contributed by atoms with Crippen LogP contribution in [0.5, 0.6) is 0 Å². The monoisotopic (exact) mass is 371 g/mol. The first-order valence-corrected chi connectivity index (χ1v) is 8.66. The quantitative estimate of drug-likeness (QED) is 0.699. The topological polar surface area (TPSA) is 87.3 Å². The summed E-state index contributed by atoms with van der Waals surface area (Å²) in [4.78, 5) is 36.4. The van der Waals surface area contributed by atoms with E-state index in [2.05, 4.69) is 16.0 Å². The molecule has 2 rings (SSSR count). The minimum Gasteiger partial charge on any atom is -0.354 e. The van der Waals surface area contributed by atoms with Crippen LogP contribution in [0.1, 0.15) is 41.0 Å². The number of hydrogen-bond acceptors (Lipinski definition) is 3. The highest BCUT2D eigenvalue weighted by Gasteiger charge is 2.16. The van der Waals surface area contributed by atoms with E-state index in [0.717, 1.165) is 6.42 Å². The number of halogens is 1. The fourth-order valence-corrected chi connectivity index (χ4v) is 2.29. The van der Waals surface area contributed by atoms with Crippen molar-refractivity contribution in [2.24, 2.45) is 0 Å². The van der Waals surface area contributed by atoms with Crippen molar-refractivity contribution < 1.29 is 18.8 Å². The number of benzene rings is 2. The minimum atomic E-state index is -0.679. The third-order valence-corrected chi connectivity index (χ3v) is 3.78. The van der Waals surface area contributed by atoms with E-state index in [0.29, 0.717) is 23.4 Å². The lowest BCUT2D eigenvalue weighted by molar-refractivity contribution is -0.122. The van der Waals surface area contributed by atoms with Crippen LogP contribution >= 0.6 is 0 Å². The van der Waals surface area contributed by atoms with Gasteiger partial charge in [-0.05, 0) is 55.8 Å². The van der Waals surface area contributed by atoms with Gasteiger partial charge >= 0.3 is 0 Å². The van der Waals surface area contributed by atoms with Gasteiger partial charge in [0, 0.05) is 23.4 Å². The van der Waals surface area contributed by atoms with Gasteiger partial charge in [0.1, 0.15) is 11.9 Å². The molecule has 0 radical (unpaired) electrons. The van der Waals surface area contributed by atoms with Crippen molar-refractivity contribution in [3.05, 3.63) is 65.5 Å².